The van der Waals surface area contributed by atoms with Crippen molar-refractivity contribution < 1.29 is 27.2 Å². The Balaban J connectivity index is 1.88. The number of hydrogen-bond acceptors (Lipinski definition) is 7. The van der Waals surface area contributed by atoms with Crippen LogP contribution < -0.4 is 10.1 Å². The maximum atomic E-state index is 13.1. The first-order chi connectivity index (χ1) is 14.5. The average Bonchev–Trinajstić information content (AvgIpc) is 3.08. The van der Waals surface area contributed by atoms with E-state index in [0.717, 1.165) is 26.2 Å². The number of ether oxygens (including phenoxy) is 1. The van der Waals surface area contributed by atoms with Gasteiger partial charge in [-0.15, -0.1) is 0 Å². The Kier molecular flexibility index (Phi) is 6.82. The molecule has 2 heterocycles. The van der Waals surface area contributed by atoms with Gasteiger partial charge >= 0.3 is 6.18 Å². The number of rotatable bonds is 8. The average molecular weight is 459 g/mol. The maximum absolute atomic E-state index is 13.1. The quantitative estimate of drug-likeness (QED) is 0.628. The third-order valence-corrected chi connectivity index (χ3v) is 6.15. The summed E-state index contributed by atoms with van der Waals surface area (Å²) >= 11 is 1.47. The Bertz CT molecular complexity index is 933. The van der Waals surface area contributed by atoms with Crippen LogP contribution in [0.25, 0.3) is 0 Å². The van der Waals surface area contributed by atoms with E-state index in [9.17, 15) is 18.0 Å². The van der Waals surface area contributed by atoms with Gasteiger partial charge in [0.05, 0.1) is 0 Å². The highest BCUT2D eigenvalue weighted by Gasteiger charge is 2.39. The molecule has 1 fully saturated rings. The summed E-state index contributed by atoms with van der Waals surface area (Å²) < 4.78 is 49.5. The van der Waals surface area contributed by atoms with Crippen molar-refractivity contribution in [1.82, 2.24) is 20.4 Å². The standard InChI is InChI=1S/C20H25F3N4O3S/c1-11(20(21,22)23)29-16-8-15(24-9-14(16)13-6-5-7-13)17(28)26-19(3,10-31-4)18-25-12(2)30-27-18/h8-9,11,13H,5-7,10H2,1-4H3,(H,26,28)/t11-,19?/m0/s1. The van der Waals surface area contributed by atoms with Gasteiger partial charge in [0.25, 0.3) is 5.91 Å². The van der Waals surface area contributed by atoms with Crippen molar-refractivity contribution >= 4 is 17.7 Å². The third kappa shape index (κ3) is 5.31. The van der Waals surface area contributed by atoms with E-state index in [-0.39, 0.29) is 17.4 Å². The summed E-state index contributed by atoms with van der Waals surface area (Å²) in [5.41, 5.74) is -0.400. The number of thioether (sulfide) groups is 1. The minimum atomic E-state index is -4.52. The van der Waals surface area contributed by atoms with Crippen molar-refractivity contribution in [2.75, 3.05) is 12.0 Å². The lowest BCUT2D eigenvalue weighted by atomic mass is 9.80. The molecule has 0 radical (unpaired) electrons. The summed E-state index contributed by atoms with van der Waals surface area (Å²) in [5, 5.41) is 6.75. The molecule has 3 rings (SSSR count). The second-order valence-corrected chi connectivity index (χ2v) is 8.76. The number of nitrogens with zero attached hydrogens (tertiary/aromatic N) is 3. The van der Waals surface area contributed by atoms with Crippen LogP contribution in [-0.2, 0) is 5.54 Å². The molecule has 0 aromatic carbocycles. The lowest BCUT2D eigenvalue weighted by Crippen LogP contribution is -2.46. The summed E-state index contributed by atoms with van der Waals surface area (Å²) in [5.74, 6) is 0.675. The van der Waals surface area contributed by atoms with Crippen molar-refractivity contribution in [2.24, 2.45) is 0 Å². The summed E-state index contributed by atoms with van der Waals surface area (Å²) in [7, 11) is 0. The molecule has 1 amide bonds. The van der Waals surface area contributed by atoms with Gasteiger partial charge in [0.2, 0.25) is 5.89 Å². The normalized spacial score (nSPS) is 17.5. The number of amides is 1. The van der Waals surface area contributed by atoms with Crippen LogP contribution in [0.2, 0.25) is 0 Å². The van der Waals surface area contributed by atoms with Crippen LogP contribution in [0.4, 0.5) is 13.2 Å². The number of aromatic nitrogens is 3. The first kappa shape index (κ1) is 23.4. The second-order valence-electron chi connectivity index (χ2n) is 7.89. The SMILES string of the molecule is CSCC(C)(NC(=O)c1cc(O[C@@H](C)C(F)(F)F)c(C2CCC2)cn1)c1noc(C)n1. The predicted octanol–water partition coefficient (Wildman–Crippen LogP) is 4.38. The molecule has 7 nitrogen and oxygen atoms in total. The number of halogens is 3. The van der Waals surface area contributed by atoms with Crippen LogP contribution in [0.5, 0.6) is 5.75 Å². The van der Waals surface area contributed by atoms with Crippen LogP contribution in [0.15, 0.2) is 16.8 Å². The molecule has 11 heteroatoms. The molecule has 1 saturated carbocycles. The summed E-state index contributed by atoms with van der Waals surface area (Å²) in [4.78, 5) is 21.4. The van der Waals surface area contributed by atoms with Gasteiger partial charge in [0, 0.05) is 30.5 Å². The first-order valence-electron chi connectivity index (χ1n) is 9.89. The van der Waals surface area contributed by atoms with Crippen LogP contribution in [0.3, 0.4) is 0 Å². The molecule has 0 bridgehead atoms. The number of pyridine rings is 1. The van der Waals surface area contributed by atoms with Crippen molar-refractivity contribution in [3.8, 4) is 5.75 Å². The Labute approximate surface area is 182 Å². The Hall–Kier alpha value is -2.30. The smallest absolute Gasteiger partial charge is 0.425 e. The van der Waals surface area contributed by atoms with E-state index in [1.807, 2.05) is 6.26 Å². The zero-order valence-electron chi connectivity index (χ0n) is 17.7. The van der Waals surface area contributed by atoms with E-state index >= 15 is 0 Å². The molecular formula is C20H25F3N4O3S. The predicted molar refractivity (Wildman–Crippen MR) is 109 cm³/mol. The fourth-order valence-electron chi connectivity index (χ4n) is 3.24. The van der Waals surface area contributed by atoms with Crippen LogP contribution >= 0.6 is 11.8 Å². The molecule has 1 N–H and O–H groups in total. The molecule has 0 aliphatic heterocycles. The number of carbonyl (C=O) groups excluding carboxylic acids is 1. The largest absolute Gasteiger partial charge is 0.481 e. The van der Waals surface area contributed by atoms with E-state index in [1.165, 1.54) is 24.0 Å². The van der Waals surface area contributed by atoms with Crippen molar-refractivity contribution in [2.45, 2.75) is 63.8 Å². The number of carbonyl (C=O) groups is 1. The van der Waals surface area contributed by atoms with Gasteiger partial charge in [-0.3, -0.25) is 9.78 Å². The maximum Gasteiger partial charge on any atom is 0.425 e. The van der Waals surface area contributed by atoms with Crippen LogP contribution in [-0.4, -0.2) is 45.3 Å². The number of aryl methyl sites for hydroxylation is 1. The molecule has 2 aromatic rings. The fourth-order valence-corrected chi connectivity index (χ4v) is 4.02. The molecule has 1 aliphatic carbocycles. The van der Waals surface area contributed by atoms with Gasteiger partial charge in [0.15, 0.2) is 11.9 Å². The Morgan fingerprint density at radius 3 is 2.65 bits per heavy atom. The Morgan fingerprint density at radius 1 is 1.42 bits per heavy atom. The highest BCUT2D eigenvalue weighted by atomic mass is 32.2. The van der Waals surface area contributed by atoms with Gasteiger partial charge in [-0.2, -0.15) is 29.9 Å². The molecular weight excluding hydrogens is 433 g/mol. The van der Waals surface area contributed by atoms with Gasteiger partial charge in [-0.05, 0) is 38.9 Å². The minimum Gasteiger partial charge on any atom is -0.481 e. The van der Waals surface area contributed by atoms with E-state index in [2.05, 4.69) is 20.4 Å². The molecule has 0 saturated heterocycles. The van der Waals surface area contributed by atoms with Gasteiger partial charge < -0.3 is 14.6 Å². The van der Waals surface area contributed by atoms with Gasteiger partial charge in [-0.25, -0.2) is 0 Å². The van der Waals surface area contributed by atoms with Crippen molar-refractivity contribution in [1.29, 1.82) is 0 Å². The van der Waals surface area contributed by atoms with Crippen LogP contribution in [0, 0.1) is 6.92 Å². The zero-order valence-corrected chi connectivity index (χ0v) is 18.6. The zero-order chi connectivity index (χ0) is 22.8. The molecule has 1 aliphatic rings. The van der Waals surface area contributed by atoms with Gasteiger partial charge in [0.1, 0.15) is 17.0 Å². The van der Waals surface area contributed by atoms with Crippen LogP contribution in [0.1, 0.15) is 66.8 Å². The third-order valence-electron chi connectivity index (χ3n) is 5.28. The topological polar surface area (TPSA) is 90.1 Å². The lowest BCUT2D eigenvalue weighted by molar-refractivity contribution is -0.189. The molecule has 2 atom stereocenters. The summed E-state index contributed by atoms with van der Waals surface area (Å²) in [6, 6.07) is 1.28. The highest BCUT2D eigenvalue weighted by molar-refractivity contribution is 7.98. The van der Waals surface area contributed by atoms with E-state index in [4.69, 9.17) is 9.26 Å². The number of alkyl halides is 3. The number of nitrogens with one attached hydrogen (secondary N) is 1. The van der Waals surface area contributed by atoms with E-state index in [0.29, 0.717) is 23.0 Å². The summed E-state index contributed by atoms with van der Waals surface area (Å²) in [6.45, 7) is 4.33. The molecule has 1 unspecified atom stereocenters. The molecule has 31 heavy (non-hydrogen) atoms. The molecule has 170 valence electrons. The second kappa shape index (κ2) is 9.05. The molecule has 0 spiro atoms. The van der Waals surface area contributed by atoms with E-state index < -0.39 is 23.7 Å². The number of hydrogen-bond donors (Lipinski definition) is 1. The van der Waals surface area contributed by atoms with E-state index in [1.54, 1.807) is 13.8 Å². The molecule has 2 aromatic heterocycles. The van der Waals surface area contributed by atoms with Crippen molar-refractivity contribution in [3.05, 3.63) is 35.2 Å². The highest BCUT2D eigenvalue weighted by Crippen LogP contribution is 2.41. The Morgan fingerprint density at radius 2 is 2.13 bits per heavy atom. The summed E-state index contributed by atoms with van der Waals surface area (Å²) in [6.07, 6.45) is -0.503. The fraction of sp³-hybridized carbons (Fsp3) is 0.600. The van der Waals surface area contributed by atoms with Crippen molar-refractivity contribution in [3.63, 3.8) is 0 Å². The first-order valence-corrected chi connectivity index (χ1v) is 11.3. The van der Waals surface area contributed by atoms with Gasteiger partial charge in [-0.1, -0.05) is 11.6 Å². The minimum absolute atomic E-state index is 0.0386. The monoisotopic (exact) mass is 458 g/mol. The lowest BCUT2D eigenvalue weighted by Gasteiger charge is -2.29.